The number of nitrogens with zero attached hydrogens (tertiary/aromatic N) is 1. The van der Waals surface area contributed by atoms with Crippen molar-refractivity contribution in [2.24, 2.45) is 0 Å². The van der Waals surface area contributed by atoms with Gasteiger partial charge < -0.3 is 10.1 Å². The number of thiazole rings is 1. The number of halogens is 2. The molecular formula is C18H14Cl2N2O2S. The first kappa shape index (κ1) is 17.7. The van der Waals surface area contributed by atoms with Gasteiger partial charge in [-0.25, -0.2) is 4.98 Å². The van der Waals surface area contributed by atoms with Gasteiger partial charge in [0, 0.05) is 21.0 Å². The Balaban J connectivity index is 1.69. The second-order valence-corrected chi connectivity index (χ2v) is 6.86. The number of carbonyl (C=O) groups excluding carboxylic acids is 1. The van der Waals surface area contributed by atoms with Crippen molar-refractivity contribution in [2.45, 2.75) is 6.42 Å². The normalized spacial score (nSPS) is 10.5. The third-order valence-corrected chi connectivity index (χ3v) is 5.00. The van der Waals surface area contributed by atoms with Gasteiger partial charge >= 0.3 is 0 Å². The Morgan fingerprint density at radius 3 is 2.48 bits per heavy atom. The van der Waals surface area contributed by atoms with E-state index in [1.807, 2.05) is 29.6 Å². The van der Waals surface area contributed by atoms with Crippen LogP contribution in [0.5, 0.6) is 5.75 Å². The maximum absolute atomic E-state index is 12.2. The van der Waals surface area contributed by atoms with Crippen LogP contribution in [0.1, 0.15) is 5.56 Å². The van der Waals surface area contributed by atoms with Crippen molar-refractivity contribution in [2.75, 3.05) is 12.4 Å². The largest absolute Gasteiger partial charge is 0.497 e. The molecule has 1 aromatic heterocycles. The zero-order chi connectivity index (χ0) is 17.8. The van der Waals surface area contributed by atoms with Crippen LogP contribution in [-0.4, -0.2) is 18.0 Å². The maximum Gasteiger partial charge on any atom is 0.230 e. The molecule has 25 heavy (non-hydrogen) atoms. The van der Waals surface area contributed by atoms with E-state index in [1.165, 1.54) is 11.3 Å². The molecule has 0 aliphatic heterocycles. The molecule has 3 rings (SSSR count). The number of hydrogen-bond donors (Lipinski definition) is 1. The highest BCUT2D eigenvalue weighted by Crippen LogP contribution is 2.28. The van der Waals surface area contributed by atoms with E-state index in [2.05, 4.69) is 10.3 Å². The number of methoxy groups -OCH3 is 1. The first-order valence-electron chi connectivity index (χ1n) is 7.39. The number of ether oxygens (including phenoxy) is 1. The number of aromatic nitrogens is 1. The van der Waals surface area contributed by atoms with Gasteiger partial charge in [-0.1, -0.05) is 29.3 Å². The fraction of sp³-hybridized carbons (Fsp3) is 0.111. The second-order valence-electron chi connectivity index (χ2n) is 5.19. The van der Waals surface area contributed by atoms with E-state index in [0.717, 1.165) is 17.0 Å². The average Bonchev–Trinajstić information content (AvgIpc) is 3.07. The number of anilines is 1. The minimum Gasteiger partial charge on any atom is -0.497 e. The fourth-order valence-corrected chi connectivity index (χ4v) is 3.52. The number of benzene rings is 2. The standard InChI is InChI=1S/C18H14Cl2N2O2S/c1-24-12-7-5-11(6-8-12)16-10-25-18(21-16)22-17(23)9-13-14(19)3-2-4-15(13)20/h2-8,10H,9H2,1H3,(H,21,22,23). The number of amides is 1. The van der Waals surface area contributed by atoms with E-state index in [1.54, 1.807) is 25.3 Å². The van der Waals surface area contributed by atoms with Crippen LogP contribution in [0.2, 0.25) is 10.0 Å². The van der Waals surface area contributed by atoms with Crippen LogP contribution in [0.15, 0.2) is 47.8 Å². The molecule has 0 atom stereocenters. The Bertz CT molecular complexity index is 874. The van der Waals surface area contributed by atoms with Crippen molar-refractivity contribution in [3.63, 3.8) is 0 Å². The summed E-state index contributed by atoms with van der Waals surface area (Å²) in [5, 5.41) is 6.15. The van der Waals surface area contributed by atoms with Gasteiger partial charge in [-0.3, -0.25) is 4.79 Å². The predicted octanol–water partition coefficient (Wildman–Crippen LogP) is 5.31. The second kappa shape index (κ2) is 7.87. The molecule has 3 aromatic rings. The molecule has 128 valence electrons. The molecule has 7 heteroatoms. The molecule has 0 spiro atoms. The smallest absolute Gasteiger partial charge is 0.230 e. The zero-order valence-corrected chi connectivity index (χ0v) is 15.6. The Morgan fingerprint density at radius 2 is 1.84 bits per heavy atom. The van der Waals surface area contributed by atoms with Crippen LogP contribution < -0.4 is 10.1 Å². The minimum absolute atomic E-state index is 0.0932. The molecule has 2 aromatic carbocycles. The molecule has 1 N–H and O–H groups in total. The Hall–Kier alpha value is -2.08. The minimum atomic E-state index is -0.217. The summed E-state index contributed by atoms with van der Waals surface area (Å²) < 4.78 is 5.14. The molecule has 0 aliphatic rings. The summed E-state index contributed by atoms with van der Waals surface area (Å²) in [6, 6.07) is 12.7. The third kappa shape index (κ3) is 4.31. The van der Waals surface area contributed by atoms with Gasteiger partial charge in [0.25, 0.3) is 0 Å². The molecule has 0 radical (unpaired) electrons. The summed E-state index contributed by atoms with van der Waals surface area (Å²) >= 11 is 13.6. The highest BCUT2D eigenvalue weighted by atomic mass is 35.5. The van der Waals surface area contributed by atoms with Crippen molar-refractivity contribution in [3.8, 4) is 17.0 Å². The molecule has 0 saturated heterocycles. The molecule has 0 fully saturated rings. The van der Waals surface area contributed by atoms with Crippen molar-refractivity contribution in [1.29, 1.82) is 0 Å². The van der Waals surface area contributed by atoms with Crippen molar-refractivity contribution in [1.82, 2.24) is 4.98 Å². The van der Waals surface area contributed by atoms with Crippen LogP contribution in [-0.2, 0) is 11.2 Å². The Morgan fingerprint density at radius 1 is 1.16 bits per heavy atom. The highest BCUT2D eigenvalue weighted by molar-refractivity contribution is 7.14. The summed E-state index contributed by atoms with van der Waals surface area (Å²) in [6.45, 7) is 0. The monoisotopic (exact) mass is 392 g/mol. The predicted molar refractivity (Wildman–Crippen MR) is 103 cm³/mol. The Labute approximate surface area is 159 Å². The van der Waals surface area contributed by atoms with Gasteiger partial charge in [-0.05, 0) is 42.0 Å². The van der Waals surface area contributed by atoms with E-state index >= 15 is 0 Å². The van der Waals surface area contributed by atoms with Gasteiger partial charge in [0.15, 0.2) is 5.13 Å². The van der Waals surface area contributed by atoms with E-state index in [4.69, 9.17) is 27.9 Å². The molecule has 4 nitrogen and oxygen atoms in total. The molecular weight excluding hydrogens is 379 g/mol. The fourth-order valence-electron chi connectivity index (χ4n) is 2.25. The lowest BCUT2D eigenvalue weighted by atomic mass is 10.1. The lowest BCUT2D eigenvalue weighted by Crippen LogP contribution is -2.14. The van der Waals surface area contributed by atoms with Crippen LogP contribution in [0.25, 0.3) is 11.3 Å². The molecule has 0 saturated carbocycles. The lowest BCUT2D eigenvalue weighted by molar-refractivity contribution is -0.115. The molecule has 0 bridgehead atoms. The van der Waals surface area contributed by atoms with Gasteiger partial charge in [0.05, 0.1) is 19.2 Å². The molecule has 0 aliphatic carbocycles. The summed E-state index contributed by atoms with van der Waals surface area (Å²) in [7, 11) is 1.62. The van der Waals surface area contributed by atoms with Crippen LogP contribution in [0, 0.1) is 0 Å². The van der Waals surface area contributed by atoms with Gasteiger partial charge in [-0.2, -0.15) is 0 Å². The van der Waals surface area contributed by atoms with Crippen molar-refractivity contribution < 1.29 is 9.53 Å². The van der Waals surface area contributed by atoms with Crippen molar-refractivity contribution in [3.05, 3.63) is 63.5 Å². The maximum atomic E-state index is 12.2. The molecule has 1 heterocycles. The zero-order valence-electron chi connectivity index (χ0n) is 13.3. The summed E-state index contributed by atoms with van der Waals surface area (Å²) in [5.74, 6) is 0.565. The molecule has 1 amide bonds. The summed E-state index contributed by atoms with van der Waals surface area (Å²) in [6.07, 6.45) is 0.0932. The number of hydrogen-bond acceptors (Lipinski definition) is 4. The van der Waals surface area contributed by atoms with E-state index in [-0.39, 0.29) is 12.3 Å². The number of rotatable bonds is 5. The topological polar surface area (TPSA) is 51.2 Å². The quantitative estimate of drug-likeness (QED) is 0.640. The highest BCUT2D eigenvalue weighted by Gasteiger charge is 2.13. The number of nitrogens with one attached hydrogen (secondary N) is 1. The lowest BCUT2D eigenvalue weighted by Gasteiger charge is -2.06. The Kier molecular flexibility index (Phi) is 5.58. The van der Waals surface area contributed by atoms with E-state index in [0.29, 0.717) is 20.7 Å². The van der Waals surface area contributed by atoms with Gasteiger partial charge in [0.2, 0.25) is 5.91 Å². The van der Waals surface area contributed by atoms with E-state index < -0.39 is 0 Å². The number of carbonyl (C=O) groups is 1. The van der Waals surface area contributed by atoms with Crippen LogP contribution >= 0.6 is 34.5 Å². The molecule has 0 unspecified atom stereocenters. The first-order chi connectivity index (χ1) is 12.1. The summed E-state index contributed by atoms with van der Waals surface area (Å²) in [4.78, 5) is 16.7. The van der Waals surface area contributed by atoms with E-state index in [9.17, 15) is 4.79 Å². The average molecular weight is 393 g/mol. The van der Waals surface area contributed by atoms with Crippen LogP contribution in [0.3, 0.4) is 0 Å². The van der Waals surface area contributed by atoms with Gasteiger partial charge in [0.1, 0.15) is 5.75 Å². The van der Waals surface area contributed by atoms with Crippen molar-refractivity contribution >= 4 is 45.6 Å². The SMILES string of the molecule is COc1ccc(-c2csc(NC(=O)Cc3c(Cl)cccc3Cl)n2)cc1. The van der Waals surface area contributed by atoms with Crippen LogP contribution in [0.4, 0.5) is 5.13 Å². The summed E-state index contributed by atoms with van der Waals surface area (Å²) in [5.41, 5.74) is 2.35. The van der Waals surface area contributed by atoms with Gasteiger partial charge in [-0.15, -0.1) is 11.3 Å². The first-order valence-corrected chi connectivity index (χ1v) is 9.03. The third-order valence-electron chi connectivity index (χ3n) is 3.54.